The van der Waals surface area contributed by atoms with Gasteiger partial charge < -0.3 is 4.90 Å². The van der Waals surface area contributed by atoms with Crippen molar-refractivity contribution < 1.29 is 13.2 Å². The van der Waals surface area contributed by atoms with Crippen LogP contribution in [0.4, 0.5) is 5.13 Å². The lowest BCUT2D eigenvalue weighted by Crippen LogP contribution is -2.38. The number of carbonyl (C=O) groups is 1. The van der Waals surface area contributed by atoms with Crippen molar-refractivity contribution in [2.45, 2.75) is 36.5 Å². The van der Waals surface area contributed by atoms with Gasteiger partial charge in [0.25, 0.3) is 0 Å². The van der Waals surface area contributed by atoms with Gasteiger partial charge >= 0.3 is 0 Å². The minimum absolute atomic E-state index is 0. The molecule has 11 heteroatoms. The van der Waals surface area contributed by atoms with E-state index in [-0.39, 0.29) is 41.8 Å². The lowest BCUT2D eigenvalue weighted by Gasteiger charge is -2.24. The summed E-state index contributed by atoms with van der Waals surface area (Å²) in [4.78, 5) is 23.4. The zero-order chi connectivity index (χ0) is 24.7. The van der Waals surface area contributed by atoms with Crippen LogP contribution >= 0.6 is 47.1 Å². The smallest absolute Gasteiger partial charge is 0.228 e. The van der Waals surface area contributed by atoms with E-state index in [2.05, 4.69) is 18.7 Å². The van der Waals surface area contributed by atoms with E-state index in [4.69, 9.17) is 16.6 Å². The van der Waals surface area contributed by atoms with Crippen LogP contribution in [0.1, 0.15) is 26.7 Å². The number of carbonyl (C=O) groups excluding carboxylic acids is 1. The second-order valence-corrected chi connectivity index (χ2v) is 12.2. The van der Waals surface area contributed by atoms with E-state index in [9.17, 15) is 13.2 Å². The molecule has 2 aromatic carbocycles. The summed E-state index contributed by atoms with van der Waals surface area (Å²) in [6, 6.07) is 12.2. The van der Waals surface area contributed by atoms with Gasteiger partial charge in [-0.3, -0.25) is 9.69 Å². The Bertz CT molecular complexity index is 1210. The fraction of sp³-hybridized carbons (Fsp3) is 0.417. The molecule has 0 fully saturated rings. The topological polar surface area (TPSA) is 70.6 Å². The van der Waals surface area contributed by atoms with Crippen molar-refractivity contribution in [1.29, 1.82) is 0 Å². The lowest BCUT2D eigenvalue weighted by molar-refractivity contribution is -0.118. The number of nitrogens with zero attached hydrogens (tertiary/aromatic N) is 3. The van der Waals surface area contributed by atoms with Crippen molar-refractivity contribution in [2.24, 2.45) is 0 Å². The van der Waals surface area contributed by atoms with Gasteiger partial charge in [0.1, 0.15) is 0 Å². The number of amides is 1. The number of rotatable bonds is 12. The van der Waals surface area contributed by atoms with E-state index in [1.807, 2.05) is 24.5 Å². The van der Waals surface area contributed by atoms with Crippen molar-refractivity contribution in [1.82, 2.24) is 9.88 Å². The fourth-order valence-corrected chi connectivity index (χ4v) is 6.71. The quantitative estimate of drug-likeness (QED) is 0.246. The molecule has 0 spiro atoms. The third-order valence-corrected chi connectivity index (χ3v) is 9.51. The summed E-state index contributed by atoms with van der Waals surface area (Å²) >= 11 is 9.00. The molecule has 192 valence electrons. The van der Waals surface area contributed by atoms with Gasteiger partial charge in [-0.05, 0) is 62.2 Å². The summed E-state index contributed by atoms with van der Waals surface area (Å²) in [6.45, 7) is 7.23. The van der Waals surface area contributed by atoms with Crippen molar-refractivity contribution in [2.75, 3.05) is 43.1 Å². The molecule has 3 rings (SSSR count). The zero-order valence-electron chi connectivity index (χ0n) is 20.1. The molecule has 35 heavy (non-hydrogen) atoms. The number of likely N-dealkylation sites (N-methyl/N-ethyl adjacent to an activating group) is 1. The van der Waals surface area contributed by atoms with Crippen molar-refractivity contribution in [3.63, 3.8) is 0 Å². The maximum absolute atomic E-state index is 13.3. The number of anilines is 1. The third-order valence-electron chi connectivity index (χ3n) is 5.63. The molecule has 0 aliphatic rings. The van der Waals surface area contributed by atoms with E-state index < -0.39 is 9.84 Å². The maximum Gasteiger partial charge on any atom is 0.228 e. The summed E-state index contributed by atoms with van der Waals surface area (Å²) in [5.74, 6) is -0.205. The van der Waals surface area contributed by atoms with Crippen LogP contribution in [0.25, 0.3) is 10.2 Å². The molecule has 0 bridgehead atoms. The number of halogens is 2. The van der Waals surface area contributed by atoms with Crippen LogP contribution in [0.15, 0.2) is 52.3 Å². The second kappa shape index (κ2) is 13.8. The number of hydrogen-bond donors (Lipinski definition) is 0. The molecule has 6 nitrogen and oxygen atoms in total. The van der Waals surface area contributed by atoms with E-state index in [1.165, 1.54) is 23.5 Å². The molecule has 0 radical (unpaired) electrons. The highest BCUT2D eigenvalue weighted by molar-refractivity contribution is 7.98. The van der Waals surface area contributed by atoms with E-state index in [0.717, 1.165) is 34.7 Å². The third kappa shape index (κ3) is 7.81. The highest BCUT2D eigenvalue weighted by Crippen LogP contribution is 2.34. The van der Waals surface area contributed by atoms with E-state index >= 15 is 0 Å². The number of aromatic nitrogens is 1. The van der Waals surface area contributed by atoms with Gasteiger partial charge in [-0.25, -0.2) is 13.4 Å². The first-order chi connectivity index (χ1) is 16.3. The van der Waals surface area contributed by atoms with Gasteiger partial charge in [0.2, 0.25) is 5.91 Å². The van der Waals surface area contributed by atoms with E-state index in [0.29, 0.717) is 16.7 Å². The summed E-state index contributed by atoms with van der Waals surface area (Å²) in [5, 5.41) is 1.15. The molecular formula is C24H31Cl2N3O3S3. The predicted octanol–water partition coefficient (Wildman–Crippen LogP) is 6.02. The molecule has 0 N–H and O–H groups in total. The minimum atomic E-state index is -3.48. The Balaban J connectivity index is 0.00000432. The maximum atomic E-state index is 13.3. The largest absolute Gasteiger partial charge is 0.302 e. The predicted molar refractivity (Wildman–Crippen MR) is 152 cm³/mol. The van der Waals surface area contributed by atoms with Crippen molar-refractivity contribution in [3.05, 3.63) is 47.5 Å². The highest BCUT2D eigenvalue weighted by Gasteiger charge is 2.22. The molecule has 0 unspecified atom stereocenters. The van der Waals surface area contributed by atoms with Gasteiger partial charge in [0.15, 0.2) is 15.0 Å². The second-order valence-electron chi connectivity index (χ2n) is 7.75. The molecule has 1 amide bonds. The molecule has 0 aliphatic heterocycles. The number of thioether (sulfide) groups is 1. The Kier molecular flexibility index (Phi) is 11.8. The molecule has 0 saturated carbocycles. The van der Waals surface area contributed by atoms with Gasteiger partial charge in [0, 0.05) is 29.4 Å². The number of benzene rings is 2. The first-order valence-electron chi connectivity index (χ1n) is 11.2. The summed E-state index contributed by atoms with van der Waals surface area (Å²) < 4.78 is 26.4. The number of fused-ring (bicyclic) bond motifs is 1. The molecule has 0 aliphatic carbocycles. The Labute approximate surface area is 227 Å². The van der Waals surface area contributed by atoms with Gasteiger partial charge in [-0.1, -0.05) is 42.9 Å². The Morgan fingerprint density at radius 1 is 1.09 bits per heavy atom. The average molecular weight is 577 g/mol. The van der Waals surface area contributed by atoms with Crippen LogP contribution in [0.2, 0.25) is 5.02 Å². The molecular weight excluding hydrogens is 545 g/mol. The van der Waals surface area contributed by atoms with E-state index in [1.54, 1.807) is 28.8 Å². The van der Waals surface area contributed by atoms with Crippen LogP contribution in [-0.4, -0.2) is 62.4 Å². The number of sulfone groups is 1. The number of hydrogen-bond acceptors (Lipinski definition) is 7. The molecule has 0 atom stereocenters. The fourth-order valence-electron chi connectivity index (χ4n) is 3.61. The first-order valence-corrected chi connectivity index (χ1v) is 15.3. The van der Waals surface area contributed by atoms with Crippen LogP contribution in [0.5, 0.6) is 0 Å². The zero-order valence-corrected chi connectivity index (χ0v) is 24.1. The molecule has 1 aromatic heterocycles. The number of para-hydroxylation sites is 1. The Morgan fingerprint density at radius 3 is 2.40 bits per heavy atom. The average Bonchev–Trinajstić information content (AvgIpc) is 3.26. The molecule has 1 heterocycles. The summed E-state index contributed by atoms with van der Waals surface area (Å²) in [6.07, 6.45) is 2.39. The van der Waals surface area contributed by atoms with Crippen molar-refractivity contribution in [3.8, 4) is 0 Å². The Hall–Kier alpha value is -1.36. The monoisotopic (exact) mass is 575 g/mol. The Morgan fingerprint density at radius 2 is 1.77 bits per heavy atom. The van der Waals surface area contributed by atoms with Crippen LogP contribution < -0.4 is 4.90 Å². The normalized spacial score (nSPS) is 11.6. The number of thiazole rings is 1. The summed E-state index contributed by atoms with van der Waals surface area (Å²) in [5.41, 5.74) is 0.904. The van der Waals surface area contributed by atoms with Gasteiger partial charge in [-0.2, -0.15) is 0 Å². The van der Waals surface area contributed by atoms with Crippen LogP contribution in [0.3, 0.4) is 0 Å². The van der Waals surface area contributed by atoms with Crippen LogP contribution in [0, 0.1) is 0 Å². The van der Waals surface area contributed by atoms with Gasteiger partial charge in [-0.15, -0.1) is 24.2 Å². The summed E-state index contributed by atoms with van der Waals surface area (Å²) in [7, 11) is -3.48. The molecule has 0 saturated heterocycles. The minimum Gasteiger partial charge on any atom is -0.302 e. The SMILES string of the molecule is CCN(CC)CCN(C(=O)CCCS(=O)(=O)c1ccc(Cl)cc1)c1nc2c(SC)cccc2s1.Cl. The lowest BCUT2D eigenvalue weighted by atomic mass is 10.3. The van der Waals surface area contributed by atoms with Crippen molar-refractivity contribution >= 4 is 78.2 Å². The molecule has 3 aromatic rings. The first kappa shape index (κ1) is 29.9. The highest BCUT2D eigenvalue weighted by atomic mass is 35.5. The van der Waals surface area contributed by atoms with Gasteiger partial charge in [0.05, 0.1) is 20.9 Å². The standard InChI is InChI=1S/C24H30ClN3O3S3.ClH/c1-4-27(5-2)15-16-28(24-26-23-20(32-3)8-6-9-21(23)33-24)22(29)10-7-17-34(30,31)19-13-11-18(25)12-14-19;/h6,8-9,11-14H,4-5,7,10,15-17H2,1-3H3;1H. The van der Waals surface area contributed by atoms with Crippen LogP contribution in [-0.2, 0) is 14.6 Å².